The highest BCUT2D eigenvalue weighted by molar-refractivity contribution is 9.10. The van der Waals surface area contributed by atoms with Crippen molar-refractivity contribution in [3.63, 3.8) is 0 Å². The van der Waals surface area contributed by atoms with Crippen molar-refractivity contribution < 1.29 is 14.6 Å². The molecule has 1 atom stereocenters. The van der Waals surface area contributed by atoms with E-state index in [1.807, 2.05) is 0 Å². The molecule has 0 aliphatic heterocycles. The molecule has 0 aliphatic rings. The summed E-state index contributed by atoms with van der Waals surface area (Å²) >= 11 is 3.27. The van der Waals surface area contributed by atoms with Gasteiger partial charge in [-0.05, 0) is 31.2 Å². The lowest BCUT2D eigenvalue weighted by molar-refractivity contribution is -0.144. The summed E-state index contributed by atoms with van der Waals surface area (Å²) in [7, 11) is 0. The molecule has 0 fully saturated rings. The third-order valence-electron chi connectivity index (χ3n) is 1.47. The number of ether oxygens (including phenoxy) is 1. The minimum Gasteiger partial charge on any atom is -0.479 e. The Kier molecular flexibility index (Phi) is 5.64. The van der Waals surface area contributed by atoms with Crippen LogP contribution in [0.2, 0.25) is 0 Å². The number of carboxylic acids is 1. The number of carboxylic acid groups (broad SMARTS) is 1. The molecule has 1 aromatic rings. The van der Waals surface area contributed by atoms with Crippen molar-refractivity contribution in [2.75, 3.05) is 0 Å². The zero-order valence-electron chi connectivity index (χ0n) is 7.53. The first kappa shape index (κ1) is 13.3. The van der Waals surface area contributed by atoms with Gasteiger partial charge in [-0.3, -0.25) is 0 Å². The van der Waals surface area contributed by atoms with Gasteiger partial charge in [-0.15, -0.1) is 0 Å². The van der Waals surface area contributed by atoms with Gasteiger partial charge in [0.2, 0.25) is 0 Å². The first-order valence-corrected chi connectivity index (χ1v) is 4.54. The van der Waals surface area contributed by atoms with E-state index < -0.39 is 12.1 Å². The summed E-state index contributed by atoms with van der Waals surface area (Å²) in [5, 5.41) is 8.56. The molecule has 0 radical (unpaired) electrons. The van der Waals surface area contributed by atoms with Gasteiger partial charge < -0.3 is 9.84 Å². The minimum atomic E-state index is -0.970. The van der Waals surface area contributed by atoms with Crippen molar-refractivity contribution >= 4 is 35.4 Å². The zero-order chi connectivity index (χ0) is 9.84. The van der Waals surface area contributed by atoms with E-state index in [1.165, 1.54) is 6.92 Å². The number of halogens is 1. The fraction of sp³-hybridized carbons (Fsp3) is 0.222. The molecule has 0 unspecified atom stereocenters. The van der Waals surface area contributed by atoms with Gasteiger partial charge in [0.1, 0.15) is 5.75 Å². The van der Waals surface area contributed by atoms with E-state index in [2.05, 4.69) is 15.9 Å². The van der Waals surface area contributed by atoms with Crippen LogP contribution in [0.5, 0.6) is 5.75 Å². The molecule has 78 valence electrons. The average Bonchev–Trinajstić information content (AvgIpc) is 2.08. The van der Waals surface area contributed by atoms with E-state index in [4.69, 9.17) is 9.84 Å². The monoisotopic (exact) mass is 278 g/mol. The molecule has 0 aliphatic carbocycles. The quantitative estimate of drug-likeness (QED) is 0.924. The molecule has 1 N–H and O–H groups in total. The van der Waals surface area contributed by atoms with Crippen LogP contribution in [-0.2, 0) is 4.79 Å². The summed E-state index contributed by atoms with van der Waals surface area (Å²) in [6.07, 6.45) is -0.818. The maximum absolute atomic E-state index is 10.4. The SMILES string of the molecule is C[C@H](Oc1ccc(Br)cc1)C(=O)O.S. The van der Waals surface area contributed by atoms with Crippen molar-refractivity contribution in [1.82, 2.24) is 0 Å². The van der Waals surface area contributed by atoms with Crippen LogP contribution < -0.4 is 4.74 Å². The normalized spacial score (nSPS) is 11.3. The smallest absolute Gasteiger partial charge is 0.344 e. The first-order chi connectivity index (χ1) is 6.09. The van der Waals surface area contributed by atoms with E-state index >= 15 is 0 Å². The Labute approximate surface area is 97.7 Å². The highest BCUT2D eigenvalue weighted by atomic mass is 79.9. The van der Waals surface area contributed by atoms with Crippen LogP contribution in [0.15, 0.2) is 28.7 Å². The molecule has 0 saturated heterocycles. The molecular weight excluding hydrogens is 268 g/mol. The fourth-order valence-electron chi connectivity index (χ4n) is 0.768. The number of carbonyl (C=O) groups is 1. The van der Waals surface area contributed by atoms with Gasteiger partial charge in [0.15, 0.2) is 6.10 Å². The van der Waals surface area contributed by atoms with Crippen LogP contribution in [0.4, 0.5) is 0 Å². The largest absolute Gasteiger partial charge is 0.479 e. The lowest BCUT2D eigenvalue weighted by Gasteiger charge is -2.09. The summed E-state index contributed by atoms with van der Waals surface area (Å²) in [6, 6.07) is 7.01. The van der Waals surface area contributed by atoms with Gasteiger partial charge in [0.05, 0.1) is 0 Å². The van der Waals surface area contributed by atoms with E-state index in [0.29, 0.717) is 5.75 Å². The number of hydrogen-bond donors (Lipinski definition) is 1. The number of benzene rings is 1. The van der Waals surface area contributed by atoms with E-state index in [9.17, 15) is 4.79 Å². The molecule has 3 nitrogen and oxygen atoms in total. The van der Waals surface area contributed by atoms with E-state index in [1.54, 1.807) is 24.3 Å². The lowest BCUT2D eigenvalue weighted by atomic mass is 10.3. The second-order valence-electron chi connectivity index (χ2n) is 2.55. The standard InChI is InChI=1S/C9H9BrO3.H2S/c1-6(9(11)12)13-8-4-2-7(10)3-5-8;/h2-6H,1H3,(H,11,12);1H2/t6-;/m0./s1. The Balaban J connectivity index is 0.00000169. The summed E-state index contributed by atoms with van der Waals surface area (Å²) in [4.78, 5) is 10.4. The van der Waals surface area contributed by atoms with Crippen molar-refractivity contribution in [2.45, 2.75) is 13.0 Å². The summed E-state index contributed by atoms with van der Waals surface area (Å²) in [6.45, 7) is 1.49. The van der Waals surface area contributed by atoms with Crippen LogP contribution in [0.1, 0.15) is 6.92 Å². The minimum absolute atomic E-state index is 0. The molecule has 1 aromatic carbocycles. The molecule has 5 heteroatoms. The Morgan fingerprint density at radius 3 is 2.36 bits per heavy atom. The predicted molar refractivity (Wildman–Crippen MR) is 62.2 cm³/mol. The number of aliphatic carboxylic acids is 1. The maximum Gasteiger partial charge on any atom is 0.344 e. The summed E-state index contributed by atoms with van der Waals surface area (Å²) < 4.78 is 6.04. The average molecular weight is 279 g/mol. The van der Waals surface area contributed by atoms with Crippen LogP contribution in [0.25, 0.3) is 0 Å². The number of rotatable bonds is 3. The molecule has 0 bridgehead atoms. The molecule has 14 heavy (non-hydrogen) atoms. The van der Waals surface area contributed by atoms with Gasteiger partial charge in [0, 0.05) is 4.47 Å². The van der Waals surface area contributed by atoms with Crippen LogP contribution >= 0.6 is 29.4 Å². The van der Waals surface area contributed by atoms with Gasteiger partial charge in [-0.1, -0.05) is 15.9 Å². The highest BCUT2D eigenvalue weighted by Crippen LogP contribution is 2.17. The molecule has 1 rings (SSSR count). The van der Waals surface area contributed by atoms with Gasteiger partial charge in [-0.25, -0.2) is 4.79 Å². The molecular formula is C9H11BrO3S. The van der Waals surface area contributed by atoms with Crippen LogP contribution in [0, 0.1) is 0 Å². The molecule has 0 amide bonds. The van der Waals surface area contributed by atoms with Crippen molar-refractivity contribution in [1.29, 1.82) is 0 Å². The molecule has 0 saturated carbocycles. The summed E-state index contributed by atoms with van der Waals surface area (Å²) in [5.74, 6) is -0.416. The lowest BCUT2D eigenvalue weighted by Crippen LogP contribution is -2.22. The van der Waals surface area contributed by atoms with E-state index in [-0.39, 0.29) is 13.5 Å². The Bertz CT molecular complexity index is 299. The van der Waals surface area contributed by atoms with Gasteiger partial charge in [-0.2, -0.15) is 13.5 Å². The van der Waals surface area contributed by atoms with E-state index in [0.717, 1.165) is 4.47 Å². The summed E-state index contributed by atoms with van der Waals surface area (Å²) in [5.41, 5.74) is 0. The third kappa shape index (κ3) is 4.02. The Morgan fingerprint density at radius 2 is 1.93 bits per heavy atom. The highest BCUT2D eigenvalue weighted by Gasteiger charge is 2.11. The van der Waals surface area contributed by atoms with Crippen LogP contribution in [-0.4, -0.2) is 17.2 Å². The molecule has 0 aromatic heterocycles. The van der Waals surface area contributed by atoms with Crippen molar-refractivity contribution in [3.8, 4) is 5.75 Å². The van der Waals surface area contributed by atoms with Gasteiger partial charge in [0.25, 0.3) is 0 Å². The Hall–Kier alpha value is -0.680. The molecule has 0 heterocycles. The van der Waals surface area contributed by atoms with Crippen LogP contribution in [0.3, 0.4) is 0 Å². The zero-order valence-corrected chi connectivity index (χ0v) is 10.1. The Morgan fingerprint density at radius 1 is 1.43 bits per heavy atom. The first-order valence-electron chi connectivity index (χ1n) is 3.74. The predicted octanol–water partition coefficient (Wildman–Crippen LogP) is 2.41. The number of hydrogen-bond acceptors (Lipinski definition) is 2. The molecule has 0 spiro atoms. The van der Waals surface area contributed by atoms with Crippen molar-refractivity contribution in [2.24, 2.45) is 0 Å². The maximum atomic E-state index is 10.4. The second kappa shape index (κ2) is 5.93. The second-order valence-corrected chi connectivity index (χ2v) is 3.47. The van der Waals surface area contributed by atoms with Gasteiger partial charge >= 0.3 is 5.97 Å². The fourth-order valence-corrected chi connectivity index (χ4v) is 1.03. The third-order valence-corrected chi connectivity index (χ3v) is 2.00. The van der Waals surface area contributed by atoms with Crippen molar-refractivity contribution in [3.05, 3.63) is 28.7 Å². The topological polar surface area (TPSA) is 46.5 Å².